The Morgan fingerprint density at radius 2 is 1.57 bits per heavy atom. The van der Waals surface area contributed by atoms with Crippen LogP contribution in [0.2, 0.25) is 0 Å². The highest BCUT2D eigenvalue weighted by molar-refractivity contribution is 4.79. The minimum atomic E-state index is 0.476. The normalized spacial score (nSPS) is 32.8. The summed E-state index contributed by atoms with van der Waals surface area (Å²) in [5, 5.41) is 0. The molecule has 2 fully saturated rings. The molecule has 1 saturated carbocycles. The molecule has 0 aromatic heterocycles. The van der Waals surface area contributed by atoms with Crippen LogP contribution in [0.3, 0.4) is 0 Å². The first-order valence-corrected chi connectivity index (χ1v) is 6.36. The first-order chi connectivity index (χ1) is 6.86. The van der Waals surface area contributed by atoms with E-state index < -0.39 is 0 Å². The van der Waals surface area contributed by atoms with E-state index in [4.69, 9.17) is 5.73 Å². The van der Waals surface area contributed by atoms with Crippen LogP contribution < -0.4 is 5.73 Å². The largest absolute Gasteiger partial charge is 0.328 e. The predicted octanol–water partition coefficient (Wildman–Crippen LogP) is 2.13. The number of hydrogen-bond donors (Lipinski definition) is 1. The molecule has 2 aliphatic rings. The summed E-state index contributed by atoms with van der Waals surface area (Å²) in [6.07, 6.45) is 11.0. The second kappa shape index (κ2) is 5.13. The number of hydrogen-bond acceptors (Lipinski definition) is 2. The number of rotatable bonds is 1. The number of nitrogens with zero attached hydrogens (tertiary/aromatic N) is 1. The van der Waals surface area contributed by atoms with E-state index in [1.807, 2.05) is 0 Å². The summed E-state index contributed by atoms with van der Waals surface area (Å²) in [6, 6.07) is 1.37. The molecule has 0 bridgehead atoms. The van der Waals surface area contributed by atoms with Crippen LogP contribution in [0, 0.1) is 0 Å². The van der Waals surface area contributed by atoms with E-state index in [2.05, 4.69) is 4.90 Å². The molecule has 14 heavy (non-hydrogen) atoms. The lowest BCUT2D eigenvalue weighted by Crippen LogP contribution is -2.37. The quantitative estimate of drug-likeness (QED) is 0.696. The minimum Gasteiger partial charge on any atom is -0.328 e. The molecule has 1 aliphatic carbocycles. The molecule has 0 amide bonds. The van der Waals surface area contributed by atoms with Gasteiger partial charge in [-0.2, -0.15) is 0 Å². The predicted molar refractivity (Wildman–Crippen MR) is 60.3 cm³/mol. The molecule has 2 rings (SSSR count). The Kier molecular flexibility index (Phi) is 3.82. The van der Waals surface area contributed by atoms with E-state index in [1.165, 1.54) is 64.5 Å². The van der Waals surface area contributed by atoms with Crippen molar-refractivity contribution in [3.8, 4) is 0 Å². The van der Waals surface area contributed by atoms with Gasteiger partial charge in [-0.25, -0.2) is 0 Å². The number of nitrogens with two attached hydrogens (primary N) is 1. The highest BCUT2D eigenvalue weighted by Crippen LogP contribution is 2.24. The van der Waals surface area contributed by atoms with Gasteiger partial charge in [0.15, 0.2) is 0 Å². The molecule has 1 saturated heterocycles. The monoisotopic (exact) mass is 196 g/mol. The summed E-state index contributed by atoms with van der Waals surface area (Å²) >= 11 is 0. The summed E-state index contributed by atoms with van der Waals surface area (Å²) in [6.45, 7) is 2.56. The summed E-state index contributed by atoms with van der Waals surface area (Å²) < 4.78 is 0. The first kappa shape index (κ1) is 10.4. The zero-order valence-electron chi connectivity index (χ0n) is 9.25. The zero-order valence-corrected chi connectivity index (χ0v) is 9.25. The molecule has 1 atom stereocenters. The SMILES string of the molecule is NC1CCCN(C2CCCCC2)CC1. The van der Waals surface area contributed by atoms with Crippen LogP contribution in [-0.4, -0.2) is 30.1 Å². The minimum absolute atomic E-state index is 0.476. The molecule has 2 heteroatoms. The average molecular weight is 196 g/mol. The standard InChI is InChI=1S/C12H24N2/c13-11-5-4-9-14(10-8-11)12-6-2-1-3-7-12/h11-12H,1-10,13H2. The van der Waals surface area contributed by atoms with Crippen molar-refractivity contribution in [3.63, 3.8) is 0 Å². The summed E-state index contributed by atoms with van der Waals surface area (Å²) in [4.78, 5) is 2.71. The van der Waals surface area contributed by atoms with Crippen molar-refractivity contribution in [3.05, 3.63) is 0 Å². The number of likely N-dealkylation sites (tertiary alicyclic amines) is 1. The molecule has 1 unspecified atom stereocenters. The Hall–Kier alpha value is -0.0800. The van der Waals surface area contributed by atoms with Gasteiger partial charge in [0.2, 0.25) is 0 Å². The van der Waals surface area contributed by atoms with Gasteiger partial charge >= 0.3 is 0 Å². The molecular formula is C12H24N2. The van der Waals surface area contributed by atoms with Crippen LogP contribution in [0.5, 0.6) is 0 Å². The van der Waals surface area contributed by atoms with Crippen LogP contribution in [0.4, 0.5) is 0 Å². The van der Waals surface area contributed by atoms with Gasteiger partial charge in [0.1, 0.15) is 0 Å². The van der Waals surface area contributed by atoms with Crippen molar-refractivity contribution in [2.45, 2.75) is 63.5 Å². The van der Waals surface area contributed by atoms with Gasteiger partial charge in [0, 0.05) is 12.1 Å². The van der Waals surface area contributed by atoms with Gasteiger partial charge in [-0.3, -0.25) is 0 Å². The molecule has 0 radical (unpaired) electrons. The fraction of sp³-hybridized carbons (Fsp3) is 1.00. The zero-order chi connectivity index (χ0) is 9.80. The summed E-state index contributed by atoms with van der Waals surface area (Å²) in [7, 11) is 0. The van der Waals surface area contributed by atoms with Crippen molar-refractivity contribution in [2.75, 3.05) is 13.1 Å². The van der Waals surface area contributed by atoms with E-state index in [0.29, 0.717) is 6.04 Å². The Balaban J connectivity index is 1.83. The third kappa shape index (κ3) is 2.71. The van der Waals surface area contributed by atoms with Crippen LogP contribution in [-0.2, 0) is 0 Å². The molecule has 0 spiro atoms. The highest BCUT2D eigenvalue weighted by Gasteiger charge is 2.22. The van der Waals surface area contributed by atoms with E-state index in [-0.39, 0.29) is 0 Å². The fourth-order valence-corrected chi connectivity index (χ4v) is 2.96. The third-order valence-corrected chi connectivity index (χ3v) is 3.90. The molecule has 82 valence electrons. The molecule has 2 nitrogen and oxygen atoms in total. The van der Waals surface area contributed by atoms with E-state index in [0.717, 1.165) is 6.04 Å². The van der Waals surface area contributed by atoms with Crippen LogP contribution in [0.1, 0.15) is 51.4 Å². The van der Waals surface area contributed by atoms with Gasteiger partial charge in [-0.1, -0.05) is 19.3 Å². The second-order valence-corrected chi connectivity index (χ2v) is 5.02. The fourth-order valence-electron chi connectivity index (χ4n) is 2.96. The lowest BCUT2D eigenvalue weighted by Gasteiger charge is -2.33. The Morgan fingerprint density at radius 1 is 0.786 bits per heavy atom. The van der Waals surface area contributed by atoms with Crippen molar-refractivity contribution in [1.29, 1.82) is 0 Å². The van der Waals surface area contributed by atoms with E-state index in [9.17, 15) is 0 Å². The van der Waals surface area contributed by atoms with Gasteiger partial charge in [0.25, 0.3) is 0 Å². The Morgan fingerprint density at radius 3 is 2.36 bits per heavy atom. The molecule has 0 aromatic carbocycles. The molecular weight excluding hydrogens is 172 g/mol. The van der Waals surface area contributed by atoms with E-state index in [1.54, 1.807) is 0 Å². The maximum Gasteiger partial charge on any atom is 0.00952 e. The van der Waals surface area contributed by atoms with Crippen molar-refractivity contribution in [2.24, 2.45) is 5.73 Å². The molecule has 2 N–H and O–H groups in total. The van der Waals surface area contributed by atoms with Gasteiger partial charge < -0.3 is 10.6 Å². The third-order valence-electron chi connectivity index (χ3n) is 3.90. The lowest BCUT2D eigenvalue weighted by molar-refractivity contribution is 0.161. The van der Waals surface area contributed by atoms with Crippen molar-refractivity contribution in [1.82, 2.24) is 4.90 Å². The topological polar surface area (TPSA) is 29.3 Å². The van der Waals surface area contributed by atoms with Crippen molar-refractivity contribution < 1.29 is 0 Å². The highest BCUT2D eigenvalue weighted by atomic mass is 15.2. The van der Waals surface area contributed by atoms with Crippen LogP contribution in [0.15, 0.2) is 0 Å². The maximum absolute atomic E-state index is 6.00. The molecule has 1 heterocycles. The van der Waals surface area contributed by atoms with Gasteiger partial charge in [-0.15, -0.1) is 0 Å². The second-order valence-electron chi connectivity index (χ2n) is 5.02. The Bertz CT molecular complexity index is 164. The molecule has 0 aromatic rings. The smallest absolute Gasteiger partial charge is 0.00952 e. The maximum atomic E-state index is 6.00. The van der Waals surface area contributed by atoms with Crippen LogP contribution >= 0.6 is 0 Å². The van der Waals surface area contributed by atoms with E-state index >= 15 is 0 Å². The lowest BCUT2D eigenvalue weighted by atomic mass is 9.94. The van der Waals surface area contributed by atoms with Gasteiger partial charge in [0.05, 0.1) is 0 Å². The first-order valence-electron chi connectivity index (χ1n) is 6.36. The summed E-state index contributed by atoms with van der Waals surface area (Å²) in [5.41, 5.74) is 6.00. The Labute approximate surface area is 87.8 Å². The van der Waals surface area contributed by atoms with Crippen molar-refractivity contribution >= 4 is 0 Å². The summed E-state index contributed by atoms with van der Waals surface area (Å²) in [5.74, 6) is 0. The van der Waals surface area contributed by atoms with Crippen LogP contribution in [0.25, 0.3) is 0 Å². The molecule has 1 aliphatic heterocycles. The van der Waals surface area contributed by atoms with Gasteiger partial charge in [-0.05, 0) is 45.2 Å². The average Bonchev–Trinajstić information content (AvgIpc) is 2.44.